The molecule has 122 valence electrons. The summed E-state index contributed by atoms with van der Waals surface area (Å²) in [6, 6.07) is 5.58. The molecule has 0 aromatic heterocycles. The summed E-state index contributed by atoms with van der Waals surface area (Å²) < 4.78 is 25.4. The summed E-state index contributed by atoms with van der Waals surface area (Å²) in [5, 5.41) is 2.84. The average molecular weight is 324 g/mol. The van der Waals surface area contributed by atoms with Crippen LogP contribution in [-0.4, -0.2) is 33.7 Å². The van der Waals surface area contributed by atoms with E-state index in [1.54, 1.807) is 6.07 Å². The van der Waals surface area contributed by atoms with Crippen LogP contribution in [0.25, 0.3) is 0 Å². The van der Waals surface area contributed by atoms with Crippen molar-refractivity contribution in [3.63, 3.8) is 0 Å². The summed E-state index contributed by atoms with van der Waals surface area (Å²) in [5.41, 5.74) is 2.81. The van der Waals surface area contributed by atoms with E-state index in [1.165, 1.54) is 10.6 Å². The Balaban J connectivity index is 2.03. The molecule has 1 N–H and O–H groups in total. The van der Waals surface area contributed by atoms with Crippen molar-refractivity contribution in [1.29, 1.82) is 0 Å². The number of carbonyl (C=O) groups is 1. The van der Waals surface area contributed by atoms with Crippen molar-refractivity contribution in [2.45, 2.75) is 33.1 Å². The standard InChI is InChI=1S/C16H24N2O3S/c1-12-7-8-15(11-13(12)2)18(22(3,20)21)10-9-17-16(19)14-5-4-6-14/h7-8,11,14H,4-6,9-10H2,1-3H3,(H,17,19). The molecule has 0 radical (unpaired) electrons. The zero-order chi connectivity index (χ0) is 16.3. The molecule has 1 aliphatic rings. The third-order valence-electron chi connectivity index (χ3n) is 4.27. The van der Waals surface area contributed by atoms with E-state index < -0.39 is 10.0 Å². The summed E-state index contributed by atoms with van der Waals surface area (Å²) in [4.78, 5) is 11.8. The first-order valence-corrected chi connectivity index (χ1v) is 9.46. The van der Waals surface area contributed by atoms with Gasteiger partial charge in [-0.2, -0.15) is 0 Å². The van der Waals surface area contributed by atoms with Gasteiger partial charge in [0.1, 0.15) is 0 Å². The fourth-order valence-electron chi connectivity index (χ4n) is 2.46. The van der Waals surface area contributed by atoms with Crippen LogP contribution in [-0.2, 0) is 14.8 Å². The first kappa shape index (κ1) is 16.8. The molecule has 0 saturated heterocycles. The number of benzene rings is 1. The summed E-state index contributed by atoms with van der Waals surface area (Å²) in [6.45, 7) is 4.52. The van der Waals surface area contributed by atoms with Crippen LogP contribution >= 0.6 is 0 Å². The van der Waals surface area contributed by atoms with Crippen molar-refractivity contribution >= 4 is 21.6 Å². The summed E-state index contributed by atoms with van der Waals surface area (Å²) in [5.74, 6) is 0.160. The number of hydrogen-bond donors (Lipinski definition) is 1. The van der Waals surface area contributed by atoms with Crippen LogP contribution in [0.3, 0.4) is 0 Å². The summed E-state index contributed by atoms with van der Waals surface area (Å²) in [6.07, 6.45) is 4.18. The molecule has 1 aromatic carbocycles. The Bertz CT molecular complexity index is 651. The van der Waals surface area contributed by atoms with Gasteiger partial charge in [0.25, 0.3) is 0 Å². The lowest BCUT2D eigenvalue weighted by molar-refractivity contribution is -0.127. The molecule has 2 rings (SSSR count). The molecule has 5 nitrogen and oxygen atoms in total. The zero-order valence-electron chi connectivity index (χ0n) is 13.4. The molecule has 0 spiro atoms. The van der Waals surface area contributed by atoms with E-state index in [0.29, 0.717) is 12.2 Å². The van der Waals surface area contributed by atoms with Crippen LogP contribution in [0.4, 0.5) is 5.69 Å². The van der Waals surface area contributed by atoms with Crippen molar-refractivity contribution in [2.24, 2.45) is 5.92 Å². The predicted molar refractivity (Wildman–Crippen MR) is 88.5 cm³/mol. The Morgan fingerprint density at radius 3 is 2.45 bits per heavy atom. The number of nitrogens with zero attached hydrogens (tertiary/aromatic N) is 1. The van der Waals surface area contributed by atoms with Gasteiger partial charge in [-0.15, -0.1) is 0 Å². The molecule has 1 fully saturated rings. The second-order valence-electron chi connectivity index (χ2n) is 6.02. The highest BCUT2D eigenvalue weighted by atomic mass is 32.2. The van der Waals surface area contributed by atoms with Crippen molar-refractivity contribution < 1.29 is 13.2 Å². The van der Waals surface area contributed by atoms with Gasteiger partial charge in [0.15, 0.2) is 0 Å². The van der Waals surface area contributed by atoms with E-state index >= 15 is 0 Å². The van der Waals surface area contributed by atoms with Gasteiger partial charge in [0.2, 0.25) is 15.9 Å². The molecule has 0 bridgehead atoms. The lowest BCUT2D eigenvalue weighted by Crippen LogP contribution is -2.41. The highest BCUT2D eigenvalue weighted by Gasteiger charge is 2.25. The number of carbonyl (C=O) groups excluding carboxylic acids is 1. The molecule has 1 amide bonds. The number of aryl methyl sites for hydroxylation is 2. The van der Waals surface area contributed by atoms with Crippen molar-refractivity contribution in [1.82, 2.24) is 5.32 Å². The lowest BCUT2D eigenvalue weighted by atomic mass is 9.85. The maximum atomic E-state index is 12.0. The number of amides is 1. The van der Waals surface area contributed by atoms with Gasteiger partial charge >= 0.3 is 0 Å². The molecule has 0 heterocycles. The lowest BCUT2D eigenvalue weighted by Gasteiger charge is -2.26. The van der Waals surface area contributed by atoms with Crippen LogP contribution in [0.15, 0.2) is 18.2 Å². The Hall–Kier alpha value is -1.56. The van der Waals surface area contributed by atoms with Gasteiger partial charge in [-0.1, -0.05) is 12.5 Å². The Morgan fingerprint density at radius 1 is 1.27 bits per heavy atom. The third-order valence-corrected chi connectivity index (χ3v) is 5.46. The Labute approximate surface area is 132 Å². The molecule has 1 saturated carbocycles. The molecule has 6 heteroatoms. The van der Waals surface area contributed by atoms with E-state index in [1.807, 2.05) is 26.0 Å². The fourth-order valence-corrected chi connectivity index (χ4v) is 3.38. The molecule has 1 aliphatic carbocycles. The first-order valence-electron chi connectivity index (χ1n) is 7.61. The van der Waals surface area contributed by atoms with Crippen molar-refractivity contribution in [3.8, 4) is 0 Å². The minimum atomic E-state index is -3.38. The van der Waals surface area contributed by atoms with E-state index in [2.05, 4.69) is 5.32 Å². The van der Waals surface area contributed by atoms with Crippen LogP contribution in [0.5, 0.6) is 0 Å². The van der Waals surface area contributed by atoms with Crippen LogP contribution < -0.4 is 9.62 Å². The van der Waals surface area contributed by atoms with Crippen LogP contribution in [0.2, 0.25) is 0 Å². The number of nitrogens with one attached hydrogen (secondary N) is 1. The van der Waals surface area contributed by atoms with Gasteiger partial charge in [0, 0.05) is 12.5 Å². The minimum absolute atomic E-state index is 0.0415. The van der Waals surface area contributed by atoms with E-state index in [-0.39, 0.29) is 18.4 Å². The van der Waals surface area contributed by atoms with Crippen molar-refractivity contribution in [3.05, 3.63) is 29.3 Å². The number of hydrogen-bond acceptors (Lipinski definition) is 3. The highest BCUT2D eigenvalue weighted by Crippen LogP contribution is 2.26. The molecule has 0 unspecified atom stereocenters. The normalized spacial score (nSPS) is 15.2. The van der Waals surface area contributed by atoms with Crippen molar-refractivity contribution in [2.75, 3.05) is 23.7 Å². The molecular formula is C16H24N2O3S. The summed E-state index contributed by atoms with van der Waals surface area (Å²) >= 11 is 0. The SMILES string of the molecule is Cc1ccc(N(CCNC(=O)C2CCC2)S(C)(=O)=O)cc1C. The van der Waals surface area contributed by atoms with Gasteiger partial charge in [0.05, 0.1) is 18.5 Å². The Kier molecular flexibility index (Phi) is 5.11. The zero-order valence-corrected chi connectivity index (χ0v) is 14.2. The Morgan fingerprint density at radius 2 is 1.95 bits per heavy atom. The molecular weight excluding hydrogens is 300 g/mol. The van der Waals surface area contributed by atoms with Gasteiger partial charge in [-0.25, -0.2) is 8.42 Å². The van der Waals surface area contributed by atoms with E-state index in [9.17, 15) is 13.2 Å². The average Bonchev–Trinajstić information content (AvgIpc) is 2.34. The second kappa shape index (κ2) is 6.69. The quantitative estimate of drug-likeness (QED) is 0.870. The number of anilines is 1. The number of rotatable bonds is 6. The van der Waals surface area contributed by atoms with Gasteiger partial charge in [-0.05, 0) is 49.9 Å². The maximum absolute atomic E-state index is 12.0. The molecule has 0 atom stereocenters. The van der Waals surface area contributed by atoms with Crippen LogP contribution in [0.1, 0.15) is 30.4 Å². The summed E-state index contributed by atoms with van der Waals surface area (Å²) in [7, 11) is -3.38. The van der Waals surface area contributed by atoms with Gasteiger partial charge < -0.3 is 5.32 Å². The maximum Gasteiger partial charge on any atom is 0.232 e. The smallest absolute Gasteiger partial charge is 0.232 e. The first-order chi connectivity index (χ1) is 10.3. The van der Waals surface area contributed by atoms with Crippen LogP contribution in [0, 0.1) is 19.8 Å². The molecule has 0 aliphatic heterocycles. The van der Waals surface area contributed by atoms with E-state index in [0.717, 1.165) is 30.4 Å². The molecule has 1 aromatic rings. The monoisotopic (exact) mass is 324 g/mol. The highest BCUT2D eigenvalue weighted by molar-refractivity contribution is 7.92. The minimum Gasteiger partial charge on any atom is -0.354 e. The number of sulfonamides is 1. The third kappa shape index (κ3) is 4.00. The molecule has 22 heavy (non-hydrogen) atoms. The van der Waals surface area contributed by atoms with E-state index in [4.69, 9.17) is 0 Å². The largest absolute Gasteiger partial charge is 0.354 e. The predicted octanol–water partition coefficient (Wildman–Crippen LogP) is 1.99. The fraction of sp³-hybridized carbons (Fsp3) is 0.562. The van der Waals surface area contributed by atoms with Gasteiger partial charge in [-0.3, -0.25) is 9.10 Å². The topological polar surface area (TPSA) is 66.5 Å². The second-order valence-corrected chi connectivity index (χ2v) is 7.93.